The van der Waals surface area contributed by atoms with Crippen molar-refractivity contribution in [2.75, 3.05) is 7.11 Å². The molecule has 1 N–H and O–H groups in total. The van der Waals surface area contributed by atoms with E-state index >= 15 is 0 Å². The topological polar surface area (TPSA) is 62.1 Å². The summed E-state index contributed by atoms with van der Waals surface area (Å²) >= 11 is 0. The van der Waals surface area contributed by atoms with Crippen molar-refractivity contribution in [3.05, 3.63) is 70.8 Å². The maximum atomic E-state index is 12.4. The average Bonchev–Trinajstić information content (AvgIpc) is 2.61. The van der Waals surface area contributed by atoms with Crippen molar-refractivity contribution in [3.8, 4) is 11.8 Å². The molecular formula is C20H20N2O2. The summed E-state index contributed by atoms with van der Waals surface area (Å²) in [7, 11) is 1.60. The Morgan fingerprint density at radius 1 is 1.25 bits per heavy atom. The molecule has 4 heteroatoms. The number of ether oxygens (including phenoxy) is 1. The summed E-state index contributed by atoms with van der Waals surface area (Å²) in [4.78, 5) is 12.4. The Morgan fingerprint density at radius 3 is 2.54 bits per heavy atom. The van der Waals surface area contributed by atoms with Gasteiger partial charge in [-0.3, -0.25) is 4.79 Å². The molecule has 0 spiro atoms. The standard InChI is InChI=1S/C20H20N2O2/c1-14-11-19(24-3)10-9-17(14)12-18(13-21)20(23)22-15(2)16-7-5-4-6-8-16/h4-12,15H,1-3H3,(H,22,23)/b18-12+/t15-/m1/s1. The predicted molar refractivity (Wildman–Crippen MR) is 94.3 cm³/mol. The Kier molecular flexibility index (Phi) is 5.75. The Hall–Kier alpha value is -3.06. The molecule has 0 aromatic heterocycles. The van der Waals surface area contributed by atoms with Crippen molar-refractivity contribution in [2.45, 2.75) is 19.9 Å². The van der Waals surface area contributed by atoms with Crippen molar-refractivity contribution < 1.29 is 9.53 Å². The van der Waals surface area contributed by atoms with Crippen molar-refractivity contribution in [1.29, 1.82) is 5.26 Å². The third-order valence-corrected chi connectivity index (χ3v) is 3.79. The zero-order valence-electron chi connectivity index (χ0n) is 14.0. The molecule has 122 valence electrons. The van der Waals surface area contributed by atoms with E-state index in [0.717, 1.165) is 22.4 Å². The normalized spacial score (nSPS) is 12.2. The number of carbonyl (C=O) groups is 1. The zero-order chi connectivity index (χ0) is 17.5. The monoisotopic (exact) mass is 320 g/mol. The number of methoxy groups -OCH3 is 1. The summed E-state index contributed by atoms with van der Waals surface area (Å²) < 4.78 is 5.17. The van der Waals surface area contributed by atoms with Gasteiger partial charge in [0.25, 0.3) is 5.91 Å². The quantitative estimate of drug-likeness (QED) is 0.673. The third-order valence-electron chi connectivity index (χ3n) is 3.79. The molecular weight excluding hydrogens is 300 g/mol. The number of carbonyl (C=O) groups excluding carboxylic acids is 1. The molecule has 0 saturated carbocycles. The number of nitrogens with zero attached hydrogens (tertiary/aromatic N) is 1. The van der Waals surface area contributed by atoms with Crippen LogP contribution in [-0.4, -0.2) is 13.0 Å². The lowest BCUT2D eigenvalue weighted by molar-refractivity contribution is -0.117. The van der Waals surface area contributed by atoms with Crippen LogP contribution in [-0.2, 0) is 4.79 Å². The van der Waals surface area contributed by atoms with Crippen LogP contribution in [0.1, 0.15) is 29.7 Å². The van der Waals surface area contributed by atoms with Gasteiger partial charge >= 0.3 is 0 Å². The summed E-state index contributed by atoms with van der Waals surface area (Å²) in [5.41, 5.74) is 2.82. The summed E-state index contributed by atoms with van der Waals surface area (Å²) in [6, 6.07) is 16.9. The van der Waals surface area contributed by atoms with Gasteiger partial charge in [-0.05, 0) is 48.7 Å². The molecule has 2 aromatic carbocycles. The highest BCUT2D eigenvalue weighted by Gasteiger charge is 2.14. The molecule has 4 nitrogen and oxygen atoms in total. The fraction of sp³-hybridized carbons (Fsp3) is 0.200. The molecule has 0 bridgehead atoms. The number of aryl methyl sites for hydroxylation is 1. The number of hydrogen-bond donors (Lipinski definition) is 1. The first kappa shape index (κ1) is 17.3. The molecule has 0 aliphatic rings. The van der Waals surface area contributed by atoms with Crippen LogP contribution >= 0.6 is 0 Å². The van der Waals surface area contributed by atoms with Gasteiger partial charge in [0.1, 0.15) is 17.4 Å². The van der Waals surface area contributed by atoms with Gasteiger partial charge in [-0.15, -0.1) is 0 Å². The molecule has 24 heavy (non-hydrogen) atoms. The molecule has 1 amide bonds. The number of nitrogens with one attached hydrogen (secondary N) is 1. The smallest absolute Gasteiger partial charge is 0.262 e. The van der Waals surface area contributed by atoms with Gasteiger partial charge in [0.2, 0.25) is 0 Å². The minimum absolute atomic E-state index is 0.0750. The van der Waals surface area contributed by atoms with Crippen molar-refractivity contribution >= 4 is 12.0 Å². The third kappa shape index (κ3) is 4.23. The maximum absolute atomic E-state index is 12.4. The predicted octanol–water partition coefficient (Wildman–Crippen LogP) is 3.79. The maximum Gasteiger partial charge on any atom is 0.262 e. The summed E-state index contributed by atoms with van der Waals surface area (Å²) in [5.74, 6) is 0.356. The SMILES string of the molecule is COc1ccc(/C=C(\C#N)C(=O)N[C@H](C)c2ccccc2)c(C)c1. The van der Waals surface area contributed by atoms with Gasteiger partial charge in [-0.2, -0.15) is 5.26 Å². The van der Waals surface area contributed by atoms with Gasteiger partial charge < -0.3 is 10.1 Å². The lowest BCUT2D eigenvalue weighted by Crippen LogP contribution is -2.27. The first-order valence-corrected chi connectivity index (χ1v) is 7.67. The minimum Gasteiger partial charge on any atom is -0.497 e. The first-order chi connectivity index (χ1) is 11.5. The Balaban J connectivity index is 2.18. The number of rotatable bonds is 5. The molecule has 0 aliphatic heterocycles. The molecule has 0 heterocycles. The Labute approximate surface area is 142 Å². The van der Waals surface area contributed by atoms with E-state index in [4.69, 9.17) is 4.74 Å². The molecule has 0 radical (unpaired) electrons. The summed E-state index contributed by atoms with van der Waals surface area (Å²) in [5, 5.41) is 12.2. The molecule has 2 aromatic rings. The van der Waals surface area contributed by atoms with Crippen molar-refractivity contribution in [3.63, 3.8) is 0 Å². The van der Waals surface area contributed by atoms with E-state index in [1.165, 1.54) is 0 Å². The van der Waals surface area contributed by atoms with Gasteiger partial charge in [-0.1, -0.05) is 36.4 Å². The summed E-state index contributed by atoms with van der Waals surface area (Å²) in [6.07, 6.45) is 1.60. The molecule has 0 saturated heterocycles. The van der Waals surface area contributed by atoms with E-state index in [1.54, 1.807) is 19.3 Å². The van der Waals surface area contributed by atoms with Crippen LogP contribution in [0.3, 0.4) is 0 Å². The fourth-order valence-corrected chi connectivity index (χ4v) is 2.34. The van der Waals surface area contributed by atoms with Crippen LogP contribution in [0.25, 0.3) is 6.08 Å². The lowest BCUT2D eigenvalue weighted by atomic mass is 10.0. The van der Waals surface area contributed by atoms with Crippen LogP contribution in [0.15, 0.2) is 54.1 Å². The average molecular weight is 320 g/mol. The molecule has 0 unspecified atom stereocenters. The zero-order valence-corrected chi connectivity index (χ0v) is 14.0. The second kappa shape index (κ2) is 7.98. The second-order valence-corrected chi connectivity index (χ2v) is 5.50. The van der Waals surface area contributed by atoms with E-state index in [0.29, 0.717) is 0 Å². The Bertz CT molecular complexity index is 789. The molecule has 1 atom stereocenters. The van der Waals surface area contributed by atoms with Crippen LogP contribution in [0, 0.1) is 18.3 Å². The van der Waals surface area contributed by atoms with Crippen molar-refractivity contribution in [1.82, 2.24) is 5.32 Å². The number of amides is 1. The van der Waals surface area contributed by atoms with Crippen LogP contribution in [0.5, 0.6) is 5.75 Å². The highest BCUT2D eigenvalue weighted by molar-refractivity contribution is 6.02. The highest BCUT2D eigenvalue weighted by atomic mass is 16.5. The van der Waals surface area contributed by atoms with E-state index in [2.05, 4.69) is 5.32 Å². The number of benzene rings is 2. The molecule has 0 fully saturated rings. The van der Waals surface area contributed by atoms with Crippen molar-refractivity contribution in [2.24, 2.45) is 0 Å². The number of hydrogen-bond acceptors (Lipinski definition) is 3. The van der Waals surface area contributed by atoms with E-state index in [9.17, 15) is 10.1 Å². The molecule has 0 aliphatic carbocycles. The fourth-order valence-electron chi connectivity index (χ4n) is 2.34. The largest absolute Gasteiger partial charge is 0.497 e. The minimum atomic E-state index is -0.385. The van der Waals surface area contributed by atoms with Crippen LogP contribution in [0.2, 0.25) is 0 Å². The van der Waals surface area contributed by atoms with Gasteiger partial charge in [0, 0.05) is 0 Å². The van der Waals surface area contributed by atoms with Crippen LogP contribution < -0.4 is 10.1 Å². The van der Waals surface area contributed by atoms with E-state index < -0.39 is 0 Å². The van der Waals surface area contributed by atoms with Gasteiger partial charge in [-0.25, -0.2) is 0 Å². The van der Waals surface area contributed by atoms with Gasteiger partial charge in [0.05, 0.1) is 13.2 Å². The van der Waals surface area contributed by atoms with E-state index in [1.807, 2.05) is 62.4 Å². The Morgan fingerprint density at radius 2 is 1.96 bits per heavy atom. The van der Waals surface area contributed by atoms with Crippen LogP contribution in [0.4, 0.5) is 0 Å². The lowest BCUT2D eigenvalue weighted by Gasteiger charge is -2.14. The first-order valence-electron chi connectivity index (χ1n) is 7.67. The van der Waals surface area contributed by atoms with E-state index in [-0.39, 0.29) is 17.5 Å². The highest BCUT2D eigenvalue weighted by Crippen LogP contribution is 2.19. The summed E-state index contributed by atoms with van der Waals surface area (Å²) in [6.45, 7) is 3.80. The number of nitriles is 1. The second-order valence-electron chi connectivity index (χ2n) is 5.50. The van der Waals surface area contributed by atoms with Gasteiger partial charge in [0.15, 0.2) is 0 Å². The molecule has 2 rings (SSSR count).